The molecule has 6 nitrogen and oxygen atoms in total. The van der Waals surface area contributed by atoms with Gasteiger partial charge in [0, 0.05) is 52.5 Å². The summed E-state index contributed by atoms with van der Waals surface area (Å²) in [6.45, 7) is 10.8. The molecule has 0 aromatic heterocycles. The van der Waals surface area contributed by atoms with Crippen LogP contribution in [0.4, 0.5) is 11.4 Å². The van der Waals surface area contributed by atoms with Gasteiger partial charge in [0.1, 0.15) is 0 Å². The molecular formula is C43H50N2O4S2. The normalized spacial score (nSPS) is 20.0. The molecule has 268 valence electrons. The van der Waals surface area contributed by atoms with Gasteiger partial charge in [-0.05, 0) is 76.6 Å². The molecule has 0 bridgehead atoms. The first-order chi connectivity index (χ1) is 24.5. The highest BCUT2D eigenvalue weighted by atomic mass is 32.2. The molecule has 4 aromatic carbocycles. The van der Waals surface area contributed by atoms with E-state index in [4.69, 9.17) is 0 Å². The highest BCUT2D eigenvalue weighted by Gasteiger charge is 2.44. The van der Waals surface area contributed by atoms with E-state index in [1.807, 2.05) is 0 Å². The number of allylic oxidation sites excluding steroid dienone is 7. The van der Waals surface area contributed by atoms with Gasteiger partial charge in [-0.3, -0.25) is 0 Å². The lowest BCUT2D eigenvalue weighted by atomic mass is 9.78. The summed E-state index contributed by atoms with van der Waals surface area (Å²) in [6.07, 6.45) is 18.1. The van der Waals surface area contributed by atoms with Gasteiger partial charge in [-0.1, -0.05) is 125 Å². The summed E-state index contributed by atoms with van der Waals surface area (Å²) in [4.78, 5) is 4.87. The number of rotatable bonds is 14. The van der Waals surface area contributed by atoms with Crippen LogP contribution in [0, 0.1) is 0 Å². The van der Waals surface area contributed by atoms with Crippen molar-refractivity contribution in [3.63, 3.8) is 0 Å². The minimum absolute atomic E-state index is 0.135. The van der Waals surface area contributed by atoms with Crippen LogP contribution >= 0.6 is 0 Å². The summed E-state index contributed by atoms with van der Waals surface area (Å²) >= 11 is -3.54. The van der Waals surface area contributed by atoms with Crippen molar-refractivity contribution >= 4 is 55.1 Å². The van der Waals surface area contributed by atoms with Crippen LogP contribution in [-0.2, 0) is 33.0 Å². The smallest absolute Gasteiger partial charge is 0.152 e. The second-order valence-electron chi connectivity index (χ2n) is 14.7. The number of anilines is 2. The zero-order valence-electron chi connectivity index (χ0n) is 30.1. The predicted octanol–water partition coefficient (Wildman–Crippen LogP) is 9.81. The van der Waals surface area contributed by atoms with Crippen molar-refractivity contribution in [2.45, 2.75) is 70.3 Å². The summed E-state index contributed by atoms with van der Waals surface area (Å²) in [6, 6.07) is 26.2. The minimum atomic E-state index is -1.77. The third-order valence-electron chi connectivity index (χ3n) is 10.6. The zero-order chi connectivity index (χ0) is 36.2. The first-order valence-corrected chi connectivity index (χ1v) is 20.5. The van der Waals surface area contributed by atoms with Crippen LogP contribution in [-0.4, -0.2) is 48.2 Å². The summed E-state index contributed by atoms with van der Waals surface area (Å²) in [5, 5.41) is 5.02. The maximum absolute atomic E-state index is 11.3. The lowest BCUT2D eigenvalue weighted by molar-refractivity contribution is 0.473. The Hall–Kier alpha value is -3.82. The Kier molecular flexibility index (Phi) is 11.5. The fourth-order valence-corrected chi connectivity index (χ4v) is 9.16. The van der Waals surface area contributed by atoms with Crippen LogP contribution in [0.25, 0.3) is 21.5 Å². The Balaban J connectivity index is 1.23. The maximum atomic E-state index is 11.3. The summed E-state index contributed by atoms with van der Waals surface area (Å²) in [5.74, 6) is 0.598. The van der Waals surface area contributed by atoms with Crippen LogP contribution in [0.3, 0.4) is 0 Å². The van der Waals surface area contributed by atoms with E-state index in [1.54, 1.807) is 0 Å². The second kappa shape index (κ2) is 15.8. The molecule has 8 heteroatoms. The van der Waals surface area contributed by atoms with Crippen molar-refractivity contribution < 1.29 is 17.5 Å². The summed E-state index contributed by atoms with van der Waals surface area (Å²) in [5.41, 5.74) is 6.01. The first-order valence-electron chi connectivity index (χ1n) is 18.0. The van der Waals surface area contributed by atoms with Crippen LogP contribution < -0.4 is 9.80 Å². The Labute approximate surface area is 308 Å². The maximum Gasteiger partial charge on any atom is 0.152 e. The molecular weight excluding hydrogens is 673 g/mol. The minimum Gasteiger partial charge on any atom is -0.364 e. The first kappa shape index (κ1) is 37.0. The highest BCUT2D eigenvalue weighted by molar-refractivity contribution is 7.79. The topological polar surface area (TPSA) is 81.1 Å². The molecule has 0 saturated carbocycles. The lowest BCUT2D eigenvalue weighted by Gasteiger charge is -2.32. The number of benzene rings is 4. The Bertz CT molecular complexity index is 2060. The molecule has 2 heterocycles. The zero-order valence-corrected chi connectivity index (χ0v) is 31.8. The van der Waals surface area contributed by atoms with E-state index < -0.39 is 22.2 Å². The van der Waals surface area contributed by atoms with Crippen molar-refractivity contribution in [1.29, 1.82) is 0 Å². The molecule has 0 spiro atoms. The molecule has 51 heavy (non-hydrogen) atoms. The number of fused-ring (bicyclic) bond motifs is 6. The molecule has 0 aliphatic carbocycles. The van der Waals surface area contributed by atoms with Crippen LogP contribution in [0.2, 0.25) is 0 Å². The van der Waals surface area contributed by atoms with Gasteiger partial charge in [-0.2, -0.15) is 0 Å². The standard InChI is InChI=1S/C43H50N2O4S2/c1-42(2)38(44(28-14-16-30-50(46)47)36-26-24-32-18-10-12-20-34(32)40(36)42)22-8-6-5-7-9-23-39-43(3,4)41-35-21-13-11-19-33(35)25-27-37(41)45(39)29-15-17-31-51(48)49/h5-13,18-27,38H,14-17,28-31H2,1-4H3,(H,46,47)(H,48,49)/b6-5+,9-7+,22-8+,39-23+. The molecule has 0 radical (unpaired) electrons. The SMILES string of the molecule is CC1(C)\C(=C/C=C/C=C/C=C/C2N(CCCCS(=O)O)c3ccc4ccccc4c3C2(C)C)N(CCCCS(=O)O)c2ccc3ccccc3c21. The Morgan fingerprint density at radius 3 is 1.84 bits per heavy atom. The molecule has 0 amide bonds. The molecule has 2 aliphatic heterocycles. The van der Waals surface area contributed by atoms with Gasteiger partial charge in [0.05, 0.1) is 6.04 Å². The molecule has 2 aliphatic rings. The number of hydrogen-bond acceptors (Lipinski definition) is 4. The summed E-state index contributed by atoms with van der Waals surface area (Å²) in [7, 11) is 0. The number of unbranched alkanes of at least 4 members (excludes halogenated alkanes) is 2. The molecule has 3 unspecified atom stereocenters. The second-order valence-corrected chi connectivity index (χ2v) is 16.8. The molecule has 6 rings (SSSR count). The van der Waals surface area contributed by atoms with Crippen molar-refractivity contribution in [1.82, 2.24) is 0 Å². The molecule has 4 aromatic rings. The van der Waals surface area contributed by atoms with E-state index in [1.165, 1.54) is 49.7 Å². The van der Waals surface area contributed by atoms with Crippen LogP contribution in [0.5, 0.6) is 0 Å². The quantitative estimate of drug-likeness (QED) is 0.0767. The number of hydrogen-bond donors (Lipinski definition) is 2. The van der Waals surface area contributed by atoms with E-state index >= 15 is 0 Å². The third kappa shape index (κ3) is 7.70. The predicted molar refractivity (Wildman–Crippen MR) is 218 cm³/mol. The molecule has 0 saturated heterocycles. The average Bonchev–Trinajstić information content (AvgIpc) is 3.46. The molecule has 0 fully saturated rings. The third-order valence-corrected chi connectivity index (χ3v) is 11.9. The fraction of sp³-hybridized carbons (Fsp3) is 0.349. The Morgan fingerprint density at radius 2 is 1.20 bits per heavy atom. The Morgan fingerprint density at radius 1 is 0.647 bits per heavy atom. The molecule has 3 atom stereocenters. The molecule has 2 N–H and O–H groups in total. The van der Waals surface area contributed by atoms with Gasteiger partial charge in [0.25, 0.3) is 0 Å². The monoisotopic (exact) mass is 722 g/mol. The van der Waals surface area contributed by atoms with E-state index in [-0.39, 0.29) is 16.9 Å². The highest BCUT2D eigenvalue weighted by Crippen LogP contribution is 2.51. The van der Waals surface area contributed by atoms with Crippen LogP contribution in [0.15, 0.2) is 121 Å². The lowest BCUT2D eigenvalue weighted by Crippen LogP contribution is -2.40. The average molecular weight is 723 g/mol. The van der Waals surface area contributed by atoms with Gasteiger partial charge in [-0.25, -0.2) is 8.42 Å². The van der Waals surface area contributed by atoms with E-state index in [2.05, 4.69) is 153 Å². The number of nitrogens with zero attached hydrogens (tertiary/aromatic N) is 2. The van der Waals surface area contributed by atoms with E-state index in [9.17, 15) is 17.5 Å². The fourth-order valence-electron chi connectivity index (χ4n) is 8.26. The van der Waals surface area contributed by atoms with E-state index in [0.29, 0.717) is 24.3 Å². The van der Waals surface area contributed by atoms with Gasteiger partial charge < -0.3 is 18.9 Å². The van der Waals surface area contributed by atoms with Crippen molar-refractivity contribution in [3.8, 4) is 0 Å². The van der Waals surface area contributed by atoms with Crippen molar-refractivity contribution in [3.05, 3.63) is 132 Å². The van der Waals surface area contributed by atoms with E-state index in [0.717, 1.165) is 25.9 Å². The van der Waals surface area contributed by atoms with Crippen LogP contribution in [0.1, 0.15) is 64.5 Å². The van der Waals surface area contributed by atoms with Gasteiger partial charge in [-0.15, -0.1) is 0 Å². The van der Waals surface area contributed by atoms with Gasteiger partial charge in [0.2, 0.25) is 0 Å². The van der Waals surface area contributed by atoms with Crippen molar-refractivity contribution in [2.75, 3.05) is 34.4 Å². The largest absolute Gasteiger partial charge is 0.364 e. The van der Waals surface area contributed by atoms with Crippen molar-refractivity contribution in [2.24, 2.45) is 0 Å². The van der Waals surface area contributed by atoms with Gasteiger partial charge >= 0.3 is 0 Å². The summed E-state index contributed by atoms with van der Waals surface area (Å²) < 4.78 is 41.2. The van der Waals surface area contributed by atoms with Gasteiger partial charge in [0.15, 0.2) is 22.2 Å².